The molecule has 0 saturated heterocycles. The zero-order chi connectivity index (χ0) is 25.3. The van der Waals surface area contributed by atoms with Crippen LogP contribution in [0.2, 0.25) is 0 Å². The number of carbonyl (C=O) groups is 3. The maximum absolute atomic E-state index is 13.5. The number of carbonyl (C=O) groups excluding carboxylic acids is 3. The fourth-order valence-electron chi connectivity index (χ4n) is 3.30. The predicted octanol–water partition coefficient (Wildman–Crippen LogP) is 4.01. The summed E-state index contributed by atoms with van der Waals surface area (Å²) < 4.78 is 5.31. The predicted molar refractivity (Wildman–Crippen MR) is 131 cm³/mol. The second-order valence-corrected chi connectivity index (χ2v) is 9.22. The molecule has 2 N–H and O–H groups in total. The minimum atomic E-state index is -1.08. The molecule has 0 radical (unpaired) electrons. The van der Waals surface area contributed by atoms with Gasteiger partial charge in [0.25, 0.3) is 5.91 Å². The summed E-state index contributed by atoms with van der Waals surface area (Å²) in [4.78, 5) is 40.3. The van der Waals surface area contributed by atoms with Crippen molar-refractivity contribution in [3.05, 3.63) is 71.8 Å². The number of rotatable bonds is 8. The van der Waals surface area contributed by atoms with Crippen molar-refractivity contribution in [3.63, 3.8) is 0 Å². The molecule has 34 heavy (non-hydrogen) atoms. The average molecular weight is 464 g/mol. The van der Waals surface area contributed by atoms with Crippen LogP contribution in [0.5, 0.6) is 0 Å². The molecule has 2 unspecified atom stereocenters. The van der Waals surface area contributed by atoms with Crippen LogP contribution in [0, 0.1) is 18.4 Å². The van der Waals surface area contributed by atoms with Crippen LogP contribution in [0.4, 0.5) is 4.79 Å². The first-order chi connectivity index (χ1) is 16.0. The monoisotopic (exact) mass is 463 g/mol. The van der Waals surface area contributed by atoms with Gasteiger partial charge in [-0.05, 0) is 37.8 Å². The number of hydrogen-bond donors (Lipinski definition) is 2. The lowest BCUT2D eigenvalue weighted by Crippen LogP contribution is -2.53. The van der Waals surface area contributed by atoms with E-state index in [1.165, 1.54) is 0 Å². The Hall–Kier alpha value is -3.79. The molecule has 2 aromatic rings. The third-order valence-corrected chi connectivity index (χ3v) is 4.91. The van der Waals surface area contributed by atoms with Crippen LogP contribution >= 0.6 is 0 Å². The number of nitrogens with zero attached hydrogens (tertiary/aromatic N) is 1. The molecule has 7 nitrogen and oxygen atoms in total. The lowest BCUT2D eigenvalue weighted by atomic mass is 9.99. The van der Waals surface area contributed by atoms with Crippen LogP contribution in [-0.2, 0) is 20.9 Å². The van der Waals surface area contributed by atoms with Gasteiger partial charge in [-0.15, -0.1) is 0 Å². The van der Waals surface area contributed by atoms with E-state index in [1.807, 2.05) is 36.4 Å². The molecule has 0 saturated carbocycles. The van der Waals surface area contributed by atoms with Crippen molar-refractivity contribution in [2.24, 2.45) is 5.92 Å². The van der Waals surface area contributed by atoms with Crippen LogP contribution in [-0.4, -0.2) is 34.5 Å². The number of hydrogen-bond acceptors (Lipinski definition) is 4. The summed E-state index contributed by atoms with van der Waals surface area (Å²) in [6.45, 7) is 9.03. The van der Waals surface area contributed by atoms with Crippen LogP contribution in [0.25, 0.3) is 0 Å². The van der Waals surface area contributed by atoms with Crippen molar-refractivity contribution in [1.29, 1.82) is 0 Å². The Morgan fingerprint density at radius 1 is 1.00 bits per heavy atom. The van der Waals surface area contributed by atoms with Crippen molar-refractivity contribution in [2.45, 2.75) is 58.8 Å². The number of alkyl carbamates (subject to hydrolysis) is 1. The zero-order valence-electron chi connectivity index (χ0n) is 20.4. The third-order valence-electron chi connectivity index (χ3n) is 4.91. The van der Waals surface area contributed by atoms with Crippen molar-refractivity contribution in [1.82, 2.24) is 15.5 Å². The first-order valence-corrected chi connectivity index (χ1v) is 11.2. The SMILES string of the molecule is C#CN(C(=O)C(NC(=O)OC(C)(C)C)C(C)C)C(C(=O)NCc1ccccc1)c1ccccc1. The first kappa shape index (κ1) is 26.5. The molecule has 7 heteroatoms. The number of benzene rings is 2. The molecule has 180 valence electrons. The van der Waals surface area contributed by atoms with Gasteiger partial charge >= 0.3 is 6.09 Å². The maximum Gasteiger partial charge on any atom is 0.408 e. The van der Waals surface area contributed by atoms with Gasteiger partial charge in [0.1, 0.15) is 17.7 Å². The van der Waals surface area contributed by atoms with E-state index in [0.717, 1.165) is 10.5 Å². The minimum Gasteiger partial charge on any atom is -0.444 e. The van der Waals surface area contributed by atoms with E-state index in [-0.39, 0.29) is 12.5 Å². The Bertz CT molecular complexity index is 1010. The van der Waals surface area contributed by atoms with Gasteiger partial charge in [0, 0.05) is 12.6 Å². The largest absolute Gasteiger partial charge is 0.444 e. The van der Waals surface area contributed by atoms with Gasteiger partial charge in [-0.1, -0.05) is 80.9 Å². The standard InChI is InChI=1S/C27H33N3O4/c1-7-30(25(32)22(19(2)3)29-26(33)34-27(4,5)6)23(21-16-12-9-13-17-21)24(31)28-18-20-14-10-8-11-15-20/h1,8-17,19,22-23H,18H2,2-6H3,(H,28,31)(H,29,33). The molecule has 0 heterocycles. The molecule has 3 amide bonds. The minimum absolute atomic E-state index is 0.277. The normalized spacial score (nSPS) is 12.7. The topological polar surface area (TPSA) is 87.7 Å². The van der Waals surface area contributed by atoms with E-state index >= 15 is 0 Å². The fraction of sp³-hybridized carbons (Fsp3) is 0.370. The lowest BCUT2D eigenvalue weighted by molar-refractivity contribution is -0.139. The number of amides is 3. The molecule has 0 bridgehead atoms. The molecule has 0 aliphatic carbocycles. The molecular formula is C27H33N3O4. The summed E-state index contributed by atoms with van der Waals surface area (Å²) >= 11 is 0. The second-order valence-electron chi connectivity index (χ2n) is 9.22. The van der Waals surface area contributed by atoms with E-state index in [4.69, 9.17) is 11.2 Å². The van der Waals surface area contributed by atoms with Crippen molar-refractivity contribution in [2.75, 3.05) is 0 Å². The molecule has 2 atom stereocenters. The Labute approximate surface area is 201 Å². The van der Waals surface area contributed by atoms with Gasteiger partial charge in [-0.25, -0.2) is 4.79 Å². The highest BCUT2D eigenvalue weighted by atomic mass is 16.6. The van der Waals surface area contributed by atoms with Crippen LogP contribution in [0.3, 0.4) is 0 Å². The van der Waals surface area contributed by atoms with Crippen LogP contribution < -0.4 is 10.6 Å². The van der Waals surface area contributed by atoms with Gasteiger partial charge in [0.15, 0.2) is 0 Å². The molecule has 0 aromatic heterocycles. The van der Waals surface area contributed by atoms with E-state index in [9.17, 15) is 14.4 Å². The quantitative estimate of drug-likeness (QED) is 0.457. The van der Waals surface area contributed by atoms with Crippen molar-refractivity contribution in [3.8, 4) is 12.5 Å². The average Bonchev–Trinajstić information content (AvgIpc) is 2.79. The highest BCUT2D eigenvalue weighted by molar-refractivity contribution is 5.93. The molecule has 2 aromatic carbocycles. The van der Waals surface area contributed by atoms with Gasteiger partial charge in [-0.3, -0.25) is 14.5 Å². The van der Waals surface area contributed by atoms with Crippen molar-refractivity contribution < 1.29 is 19.1 Å². The van der Waals surface area contributed by atoms with E-state index in [0.29, 0.717) is 5.56 Å². The summed E-state index contributed by atoms with van der Waals surface area (Å²) in [5.74, 6) is -1.31. The Balaban J connectivity index is 2.32. The molecular weight excluding hydrogens is 430 g/mol. The maximum atomic E-state index is 13.5. The smallest absolute Gasteiger partial charge is 0.408 e. The lowest BCUT2D eigenvalue weighted by Gasteiger charge is -2.31. The zero-order valence-corrected chi connectivity index (χ0v) is 20.4. The Morgan fingerprint density at radius 2 is 1.56 bits per heavy atom. The Kier molecular flexibility index (Phi) is 9.26. The van der Waals surface area contributed by atoms with E-state index < -0.39 is 35.6 Å². The van der Waals surface area contributed by atoms with E-state index in [1.54, 1.807) is 58.9 Å². The summed E-state index contributed by atoms with van der Waals surface area (Å²) in [5, 5.41) is 5.48. The molecule has 2 rings (SSSR count). The van der Waals surface area contributed by atoms with Crippen LogP contribution in [0.15, 0.2) is 60.7 Å². The summed E-state index contributed by atoms with van der Waals surface area (Å²) in [7, 11) is 0. The third kappa shape index (κ3) is 7.66. The second kappa shape index (κ2) is 11.9. The van der Waals surface area contributed by atoms with Gasteiger partial charge in [0.2, 0.25) is 5.91 Å². The van der Waals surface area contributed by atoms with Gasteiger partial charge < -0.3 is 15.4 Å². The molecule has 0 aliphatic rings. The van der Waals surface area contributed by atoms with Crippen molar-refractivity contribution >= 4 is 17.9 Å². The van der Waals surface area contributed by atoms with Crippen LogP contribution in [0.1, 0.15) is 51.8 Å². The first-order valence-electron chi connectivity index (χ1n) is 11.2. The van der Waals surface area contributed by atoms with Gasteiger partial charge in [-0.2, -0.15) is 0 Å². The van der Waals surface area contributed by atoms with Gasteiger partial charge in [0.05, 0.1) is 0 Å². The number of terminal acetylenes is 1. The highest BCUT2D eigenvalue weighted by Crippen LogP contribution is 2.23. The summed E-state index contributed by atoms with van der Waals surface area (Å²) in [6, 6.07) is 18.5. The summed E-state index contributed by atoms with van der Waals surface area (Å²) in [5.41, 5.74) is 0.733. The molecule has 0 aliphatic heterocycles. The number of ether oxygens (including phenoxy) is 1. The Morgan fingerprint density at radius 3 is 2.06 bits per heavy atom. The number of nitrogens with one attached hydrogen (secondary N) is 2. The van der Waals surface area contributed by atoms with E-state index in [2.05, 4.69) is 16.7 Å². The summed E-state index contributed by atoms with van der Waals surface area (Å²) in [6.07, 6.45) is 5.02. The molecule has 0 fully saturated rings. The molecule has 0 spiro atoms. The fourth-order valence-corrected chi connectivity index (χ4v) is 3.30. The highest BCUT2D eigenvalue weighted by Gasteiger charge is 2.37.